The van der Waals surface area contributed by atoms with Crippen LogP contribution >= 0.6 is 11.8 Å². The smallest absolute Gasteiger partial charge is 0.262 e. The summed E-state index contributed by atoms with van der Waals surface area (Å²) in [6, 6.07) is 0. The van der Waals surface area contributed by atoms with E-state index in [0.29, 0.717) is 11.0 Å². The first-order chi connectivity index (χ1) is 8.74. The lowest BCUT2D eigenvalue weighted by Gasteiger charge is -2.09. The number of hydrogen-bond donors (Lipinski definition) is 2. The van der Waals surface area contributed by atoms with Gasteiger partial charge in [0.1, 0.15) is 23.4 Å². The molecule has 0 aliphatic carbocycles. The molecule has 18 heavy (non-hydrogen) atoms. The first-order valence-electron chi connectivity index (χ1n) is 5.65. The number of nitrogens with zero attached hydrogens (tertiary/aromatic N) is 3. The second-order valence-electron chi connectivity index (χ2n) is 3.76. The van der Waals surface area contributed by atoms with Crippen molar-refractivity contribution < 1.29 is 4.42 Å². The van der Waals surface area contributed by atoms with Crippen LogP contribution in [0.4, 0.5) is 5.82 Å². The number of hydrazine groups is 1. The molecule has 7 heteroatoms. The minimum Gasteiger partial charge on any atom is -0.439 e. The van der Waals surface area contributed by atoms with Gasteiger partial charge in [0.25, 0.3) is 5.22 Å². The van der Waals surface area contributed by atoms with E-state index in [2.05, 4.69) is 27.3 Å². The van der Waals surface area contributed by atoms with Crippen molar-refractivity contribution >= 4 is 17.6 Å². The highest BCUT2D eigenvalue weighted by molar-refractivity contribution is 7.99. The highest BCUT2D eigenvalue weighted by Crippen LogP contribution is 2.31. The molecule has 0 fully saturated rings. The van der Waals surface area contributed by atoms with Crippen LogP contribution in [-0.2, 0) is 6.42 Å². The molecule has 96 valence electrons. The molecule has 2 heterocycles. The molecule has 3 N–H and O–H groups in total. The summed E-state index contributed by atoms with van der Waals surface area (Å²) in [5.41, 5.74) is 4.43. The fourth-order valence-corrected chi connectivity index (χ4v) is 2.42. The van der Waals surface area contributed by atoms with E-state index in [9.17, 15) is 0 Å². The highest BCUT2D eigenvalue weighted by Gasteiger charge is 2.13. The first kappa shape index (κ1) is 12.8. The topological polar surface area (TPSA) is 89.9 Å². The normalized spacial score (nSPS) is 10.6. The van der Waals surface area contributed by atoms with Crippen molar-refractivity contribution in [2.75, 3.05) is 5.43 Å². The third kappa shape index (κ3) is 2.80. The van der Waals surface area contributed by atoms with Gasteiger partial charge in [0.2, 0.25) is 0 Å². The van der Waals surface area contributed by atoms with Crippen LogP contribution in [0.25, 0.3) is 0 Å². The Labute approximate surface area is 109 Å². The Morgan fingerprint density at radius 3 is 2.89 bits per heavy atom. The molecule has 2 rings (SSSR count). The molecule has 0 spiro atoms. The summed E-state index contributed by atoms with van der Waals surface area (Å²) < 4.78 is 5.31. The van der Waals surface area contributed by atoms with Gasteiger partial charge in [0, 0.05) is 5.56 Å². The number of nitrogen functional groups attached to an aromatic ring is 1. The van der Waals surface area contributed by atoms with Crippen LogP contribution < -0.4 is 11.3 Å². The van der Waals surface area contributed by atoms with E-state index in [-0.39, 0.29) is 0 Å². The summed E-state index contributed by atoms with van der Waals surface area (Å²) in [6.45, 7) is 3.98. The number of hydrogen-bond acceptors (Lipinski definition) is 7. The number of aryl methyl sites for hydroxylation is 1. The lowest BCUT2D eigenvalue weighted by atomic mass is 10.2. The minimum absolute atomic E-state index is 0.575. The zero-order chi connectivity index (χ0) is 13.0. The molecule has 0 aliphatic heterocycles. The van der Waals surface area contributed by atoms with Crippen molar-refractivity contribution in [1.82, 2.24) is 15.0 Å². The predicted molar refractivity (Wildman–Crippen MR) is 69.2 cm³/mol. The van der Waals surface area contributed by atoms with E-state index >= 15 is 0 Å². The van der Waals surface area contributed by atoms with Gasteiger partial charge in [0.15, 0.2) is 0 Å². The Morgan fingerprint density at radius 2 is 2.28 bits per heavy atom. The predicted octanol–water partition coefficient (Wildman–Crippen LogP) is 2.16. The van der Waals surface area contributed by atoms with Gasteiger partial charge in [0.05, 0.1) is 5.69 Å². The van der Waals surface area contributed by atoms with Gasteiger partial charge >= 0.3 is 0 Å². The summed E-state index contributed by atoms with van der Waals surface area (Å²) in [5.74, 6) is 6.11. The maximum Gasteiger partial charge on any atom is 0.262 e. The zero-order valence-corrected chi connectivity index (χ0v) is 11.1. The van der Waals surface area contributed by atoms with Crippen molar-refractivity contribution in [3.63, 3.8) is 0 Å². The fourth-order valence-electron chi connectivity index (χ4n) is 1.55. The quantitative estimate of drug-likeness (QED) is 0.486. The Morgan fingerprint density at radius 1 is 1.44 bits per heavy atom. The van der Waals surface area contributed by atoms with Crippen LogP contribution in [-0.4, -0.2) is 15.0 Å². The van der Waals surface area contributed by atoms with Crippen molar-refractivity contribution in [1.29, 1.82) is 0 Å². The van der Waals surface area contributed by atoms with Crippen LogP contribution in [0, 0.1) is 6.92 Å². The SMILES string of the molecule is CCCc1c(NN)ncnc1Sc1nc(C)co1. The summed E-state index contributed by atoms with van der Waals surface area (Å²) in [4.78, 5) is 12.6. The second kappa shape index (κ2) is 5.83. The maximum absolute atomic E-state index is 5.46. The number of oxazole rings is 1. The Kier molecular flexibility index (Phi) is 4.16. The molecule has 0 unspecified atom stereocenters. The molecule has 0 saturated heterocycles. The van der Waals surface area contributed by atoms with Gasteiger partial charge in [-0.15, -0.1) is 0 Å². The van der Waals surface area contributed by atoms with Crippen LogP contribution in [0.2, 0.25) is 0 Å². The average Bonchev–Trinajstić information content (AvgIpc) is 2.77. The number of nitrogens with one attached hydrogen (secondary N) is 1. The van der Waals surface area contributed by atoms with Gasteiger partial charge in [-0.05, 0) is 25.1 Å². The molecule has 2 aromatic rings. The molecular formula is C11H15N5OS. The maximum atomic E-state index is 5.46. The lowest BCUT2D eigenvalue weighted by molar-refractivity contribution is 0.453. The van der Waals surface area contributed by atoms with E-state index in [1.807, 2.05) is 6.92 Å². The summed E-state index contributed by atoms with van der Waals surface area (Å²) >= 11 is 1.38. The van der Waals surface area contributed by atoms with Crippen molar-refractivity contribution in [3.8, 4) is 0 Å². The zero-order valence-electron chi connectivity index (χ0n) is 10.3. The van der Waals surface area contributed by atoms with Crippen LogP contribution in [0.3, 0.4) is 0 Å². The molecule has 0 atom stereocenters. The molecule has 0 aromatic carbocycles. The van der Waals surface area contributed by atoms with E-state index in [1.54, 1.807) is 6.26 Å². The minimum atomic E-state index is 0.575. The largest absolute Gasteiger partial charge is 0.439 e. The standard InChI is InChI=1S/C11H15N5OS/c1-3-4-8-9(16-12)13-6-14-10(8)18-11-15-7(2)5-17-11/h5-6H,3-4,12H2,1-2H3,(H,13,14,16). The summed E-state index contributed by atoms with van der Waals surface area (Å²) in [5, 5.41) is 1.40. The van der Waals surface area contributed by atoms with Gasteiger partial charge in [-0.1, -0.05) is 13.3 Å². The van der Waals surface area contributed by atoms with Crippen LogP contribution in [0.15, 0.2) is 27.3 Å². The van der Waals surface area contributed by atoms with E-state index in [0.717, 1.165) is 29.1 Å². The number of aromatic nitrogens is 3. The Hall–Kier alpha value is -1.60. The van der Waals surface area contributed by atoms with Gasteiger partial charge in [-0.2, -0.15) is 0 Å². The molecule has 0 aliphatic rings. The third-order valence-electron chi connectivity index (χ3n) is 2.32. The third-order valence-corrected chi connectivity index (χ3v) is 3.23. The number of rotatable bonds is 5. The molecule has 0 bridgehead atoms. The van der Waals surface area contributed by atoms with E-state index in [4.69, 9.17) is 10.3 Å². The summed E-state index contributed by atoms with van der Waals surface area (Å²) in [6.07, 6.45) is 4.93. The van der Waals surface area contributed by atoms with E-state index < -0.39 is 0 Å². The average molecular weight is 265 g/mol. The van der Waals surface area contributed by atoms with Crippen molar-refractivity contribution in [3.05, 3.63) is 23.8 Å². The van der Waals surface area contributed by atoms with Gasteiger partial charge < -0.3 is 9.84 Å². The van der Waals surface area contributed by atoms with Gasteiger partial charge in [-0.3, -0.25) is 0 Å². The molecule has 6 nitrogen and oxygen atoms in total. The molecular weight excluding hydrogens is 250 g/mol. The van der Waals surface area contributed by atoms with Gasteiger partial charge in [-0.25, -0.2) is 20.8 Å². The molecule has 0 amide bonds. The summed E-state index contributed by atoms with van der Waals surface area (Å²) in [7, 11) is 0. The van der Waals surface area contributed by atoms with E-state index in [1.165, 1.54) is 18.1 Å². The molecule has 0 radical (unpaired) electrons. The van der Waals surface area contributed by atoms with Crippen LogP contribution in [0.1, 0.15) is 24.6 Å². The highest BCUT2D eigenvalue weighted by atomic mass is 32.2. The monoisotopic (exact) mass is 265 g/mol. The lowest BCUT2D eigenvalue weighted by Crippen LogP contribution is -2.12. The molecule has 0 saturated carbocycles. The second-order valence-corrected chi connectivity index (χ2v) is 4.70. The van der Waals surface area contributed by atoms with Crippen molar-refractivity contribution in [2.24, 2.45) is 5.84 Å². The molecule has 2 aromatic heterocycles. The Bertz CT molecular complexity index is 528. The number of nitrogens with two attached hydrogens (primary N) is 1. The Balaban J connectivity index is 2.31. The van der Waals surface area contributed by atoms with Crippen molar-refractivity contribution in [2.45, 2.75) is 36.9 Å². The fraction of sp³-hybridized carbons (Fsp3) is 0.364. The first-order valence-corrected chi connectivity index (χ1v) is 6.46. The number of anilines is 1. The van der Waals surface area contributed by atoms with Crippen LogP contribution in [0.5, 0.6) is 0 Å².